The zero-order chi connectivity index (χ0) is 16.2. The minimum absolute atomic E-state index is 0.0418. The molecule has 23 heavy (non-hydrogen) atoms. The van der Waals surface area contributed by atoms with Gasteiger partial charge >= 0.3 is 0 Å². The number of nitrogens with one attached hydrogen (secondary N) is 1. The number of piperidine rings is 1. The lowest BCUT2D eigenvalue weighted by Crippen LogP contribution is -2.25. The molecular formula is C19H20ClN2O. The summed E-state index contributed by atoms with van der Waals surface area (Å²) >= 11 is 5.97. The highest BCUT2D eigenvalue weighted by atomic mass is 35.5. The first-order valence-electron chi connectivity index (χ1n) is 7.91. The van der Waals surface area contributed by atoms with Crippen molar-refractivity contribution in [2.24, 2.45) is 0 Å². The van der Waals surface area contributed by atoms with Crippen molar-refractivity contribution in [2.75, 3.05) is 11.9 Å². The molecule has 1 amide bonds. The first kappa shape index (κ1) is 16.0. The summed E-state index contributed by atoms with van der Waals surface area (Å²) < 4.78 is 0. The fourth-order valence-electron chi connectivity index (χ4n) is 3.15. The summed E-state index contributed by atoms with van der Waals surface area (Å²) in [5.74, 6) is 0.418. The van der Waals surface area contributed by atoms with Gasteiger partial charge in [0.2, 0.25) is 5.91 Å². The second-order valence-corrected chi connectivity index (χ2v) is 6.44. The number of hydrogen-bond acceptors (Lipinski definition) is 1. The van der Waals surface area contributed by atoms with Crippen LogP contribution in [0.15, 0.2) is 48.5 Å². The Hall–Kier alpha value is -1.84. The van der Waals surface area contributed by atoms with Crippen LogP contribution in [0, 0.1) is 0 Å². The van der Waals surface area contributed by atoms with Crippen LogP contribution >= 0.6 is 11.6 Å². The minimum atomic E-state index is -0.0418. The van der Waals surface area contributed by atoms with E-state index in [9.17, 15) is 4.79 Å². The quantitative estimate of drug-likeness (QED) is 0.884. The maximum atomic E-state index is 11.2. The second-order valence-electron chi connectivity index (χ2n) is 6.00. The Kier molecular flexibility index (Phi) is 4.99. The van der Waals surface area contributed by atoms with Crippen LogP contribution in [0.1, 0.15) is 42.9 Å². The van der Waals surface area contributed by atoms with Crippen molar-refractivity contribution in [1.82, 2.24) is 5.32 Å². The molecule has 2 unspecified atom stereocenters. The third kappa shape index (κ3) is 4.12. The van der Waals surface area contributed by atoms with E-state index in [0.29, 0.717) is 5.92 Å². The first-order valence-corrected chi connectivity index (χ1v) is 8.29. The van der Waals surface area contributed by atoms with E-state index in [0.717, 1.165) is 30.1 Å². The Morgan fingerprint density at radius 2 is 1.96 bits per heavy atom. The molecule has 0 aliphatic carbocycles. The van der Waals surface area contributed by atoms with E-state index in [4.69, 9.17) is 16.9 Å². The van der Waals surface area contributed by atoms with E-state index in [2.05, 4.69) is 29.6 Å². The van der Waals surface area contributed by atoms with Crippen molar-refractivity contribution in [3.63, 3.8) is 0 Å². The number of rotatable bonds is 3. The molecule has 3 nitrogen and oxygen atoms in total. The number of amides is 1. The van der Waals surface area contributed by atoms with Gasteiger partial charge in [0.25, 0.3) is 0 Å². The monoisotopic (exact) mass is 327 g/mol. The van der Waals surface area contributed by atoms with E-state index in [1.165, 1.54) is 18.1 Å². The molecule has 1 saturated heterocycles. The molecule has 1 heterocycles. The van der Waals surface area contributed by atoms with Crippen LogP contribution in [0.2, 0.25) is 5.02 Å². The molecule has 1 aliphatic heterocycles. The predicted octanol–water partition coefficient (Wildman–Crippen LogP) is 4.52. The van der Waals surface area contributed by atoms with Crippen molar-refractivity contribution in [1.29, 1.82) is 0 Å². The van der Waals surface area contributed by atoms with E-state index >= 15 is 0 Å². The van der Waals surface area contributed by atoms with E-state index in [1.54, 1.807) is 0 Å². The molecule has 1 aliphatic rings. The molecule has 0 bridgehead atoms. The lowest BCUT2D eigenvalue weighted by atomic mass is 9.84. The van der Waals surface area contributed by atoms with Gasteiger partial charge in [0.1, 0.15) is 0 Å². The van der Waals surface area contributed by atoms with Gasteiger partial charge in [-0.3, -0.25) is 4.79 Å². The van der Waals surface area contributed by atoms with Crippen LogP contribution < -0.4 is 10.6 Å². The molecule has 0 aromatic heterocycles. The molecule has 0 spiro atoms. The first-order chi connectivity index (χ1) is 11.1. The summed E-state index contributed by atoms with van der Waals surface area (Å²) in [7, 11) is 0. The number of halogens is 1. The summed E-state index contributed by atoms with van der Waals surface area (Å²) in [6.07, 6.45) is 2.04. The third-order valence-electron chi connectivity index (χ3n) is 4.27. The SMILES string of the molecule is CC(=O)Nc1cccc(C2CC[N]C(c3ccc(Cl)cc3)C2)c1. The fraction of sp³-hybridized carbons (Fsp3) is 0.316. The van der Waals surface area contributed by atoms with Gasteiger partial charge in [0.05, 0.1) is 6.04 Å². The highest BCUT2D eigenvalue weighted by molar-refractivity contribution is 6.30. The minimum Gasteiger partial charge on any atom is -0.326 e. The zero-order valence-electron chi connectivity index (χ0n) is 13.1. The van der Waals surface area contributed by atoms with Crippen LogP contribution in [0.5, 0.6) is 0 Å². The van der Waals surface area contributed by atoms with Gasteiger partial charge in [0, 0.05) is 24.2 Å². The normalized spacial score (nSPS) is 21.0. The number of carbonyl (C=O) groups is 1. The van der Waals surface area contributed by atoms with Crippen LogP contribution in [0.3, 0.4) is 0 Å². The molecule has 2 aromatic rings. The molecule has 119 valence electrons. The van der Waals surface area contributed by atoms with Gasteiger partial charge in [0.15, 0.2) is 0 Å². The third-order valence-corrected chi connectivity index (χ3v) is 4.52. The average Bonchev–Trinajstić information content (AvgIpc) is 2.55. The van der Waals surface area contributed by atoms with Crippen molar-refractivity contribution in [3.8, 4) is 0 Å². The number of carbonyl (C=O) groups excluding carboxylic acids is 1. The number of nitrogens with zero attached hydrogens (tertiary/aromatic N) is 1. The van der Waals surface area contributed by atoms with E-state index < -0.39 is 0 Å². The van der Waals surface area contributed by atoms with Crippen LogP contribution in [-0.2, 0) is 4.79 Å². The molecule has 1 radical (unpaired) electrons. The molecule has 1 fully saturated rings. The highest BCUT2D eigenvalue weighted by Crippen LogP contribution is 2.36. The Morgan fingerprint density at radius 3 is 2.70 bits per heavy atom. The second kappa shape index (κ2) is 7.16. The zero-order valence-corrected chi connectivity index (χ0v) is 13.9. The lowest BCUT2D eigenvalue weighted by Gasteiger charge is -2.30. The number of anilines is 1. The van der Waals surface area contributed by atoms with Gasteiger partial charge in [-0.2, -0.15) is 0 Å². The van der Waals surface area contributed by atoms with Crippen molar-refractivity contribution >= 4 is 23.2 Å². The van der Waals surface area contributed by atoms with Gasteiger partial charge in [-0.25, -0.2) is 5.32 Å². The van der Waals surface area contributed by atoms with Crippen molar-refractivity contribution < 1.29 is 4.79 Å². The molecule has 4 heteroatoms. The van der Waals surface area contributed by atoms with Gasteiger partial charge in [-0.15, -0.1) is 0 Å². The molecule has 2 aromatic carbocycles. The summed E-state index contributed by atoms with van der Waals surface area (Å²) in [5.41, 5.74) is 3.35. The molecule has 2 atom stereocenters. The summed E-state index contributed by atoms with van der Waals surface area (Å²) in [6, 6.07) is 16.3. The van der Waals surface area contributed by atoms with E-state index in [-0.39, 0.29) is 11.9 Å². The van der Waals surface area contributed by atoms with Gasteiger partial charge in [-0.05, 0) is 54.2 Å². The fourth-order valence-corrected chi connectivity index (χ4v) is 3.28. The topological polar surface area (TPSA) is 43.2 Å². The van der Waals surface area contributed by atoms with E-state index in [1.807, 2.05) is 24.3 Å². The summed E-state index contributed by atoms with van der Waals surface area (Å²) in [4.78, 5) is 11.2. The highest BCUT2D eigenvalue weighted by Gasteiger charge is 2.25. The lowest BCUT2D eigenvalue weighted by molar-refractivity contribution is -0.114. The van der Waals surface area contributed by atoms with Crippen LogP contribution in [0.25, 0.3) is 0 Å². The largest absolute Gasteiger partial charge is 0.326 e. The molecule has 0 saturated carbocycles. The Labute approximate surface area is 142 Å². The average molecular weight is 328 g/mol. The number of benzene rings is 2. The Balaban J connectivity index is 1.75. The maximum absolute atomic E-state index is 11.2. The summed E-state index contributed by atoms with van der Waals surface area (Å²) in [5, 5.41) is 8.37. The molecule has 1 N–H and O–H groups in total. The van der Waals surface area contributed by atoms with Crippen LogP contribution in [0.4, 0.5) is 5.69 Å². The van der Waals surface area contributed by atoms with Crippen LogP contribution in [-0.4, -0.2) is 12.5 Å². The number of hydrogen-bond donors (Lipinski definition) is 1. The maximum Gasteiger partial charge on any atom is 0.221 e. The summed E-state index contributed by atoms with van der Waals surface area (Å²) in [6.45, 7) is 2.39. The van der Waals surface area contributed by atoms with Gasteiger partial charge < -0.3 is 5.32 Å². The Morgan fingerprint density at radius 1 is 1.17 bits per heavy atom. The van der Waals surface area contributed by atoms with Crippen molar-refractivity contribution in [3.05, 3.63) is 64.7 Å². The molecular weight excluding hydrogens is 308 g/mol. The predicted molar refractivity (Wildman–Crippen MR) is 93.9 cm³/mol. The Bertz CT molecular complexity index is 684. The van der Waals surface area contributed by atoms with Gasteiger partial charge in [-0.1, -0.05) is 35.9 Å². The van der Waals surface area contributed by atoms with Crippen molar-refractivity contribution in [2.45, 2.75) is 31.7 Å². The standard InChI is InChI=1S/C19H20ClN2O/c1-13(23)22-18-4-2-3-15(11-18)16-9-10-21-19(12-16)14-5-7-17(20)8-6-14/h2-8,11,16,19H,9-10,12H2,1H3,(H,22,23). The smallest absolute Gasteiger partial charge is 0.221 e. The molecule has 3 rings (SSSR count).